The molecule has 2 aliphatic rings. The Labute approximate surface area is 192 Å². The number of nitrogens with zero attached hydrogens (tertiary/aromatic N) is 5. The molecule has 0 aliphatic carbocycles. The van der Waals surface area contributed by atoms with Gasteiger partial charge < -0.3 is 19.9 Å². The van der Waals surface area contributed by atoms with Crippen LogP contribution in [-0.2, 0) is 9.53 Å². The first-order valence-electron chi connectivity index (χ1n) is 11.5. The number of benzene rings is 1. The quantitative estimate of drug-likeness (QED) is 0.703. The van der Waals surface area contributed by atoms with Crippen LogP contribution in [0.25, 0.3) is 5.69 Å². The first kappa shape index (κ1) is 23.3. The SMILES string of the molecule is CC(C)CN(C(=O)c1cn(-c2ccccc2F)nn1)[C@@H]1CNC[C@H](C(=O)N2CCOCC2)C1. The van der Waals surface area contributed by atoms with Gasteiger partial charge in [-0.05, 0) is 24.5 Å². The van der Waals surface area contributed by atoms with E-state index in [1.165, 1.54) is 16.9 Å². The summed E-state index contributed by atoms with van der Waals surface area (Å²) in [4.78, 5) is 30.1. The van der Waals surface area contributed by atoms with Crippen molar-refractivity contribution in [2.75, 3.05) is 45.9 Å². The molecule has 33 heavy (non-hydrogen) atoms. The van der Waals surface area contributed by atoms with Gasteiger partial charge in [0, 0.05) is 38.8 Å². The van der Waals surface area contributed by atoms with Crippen molar-refractivity contribution in [2.24, 2.45) is 11.8 Å². The normalized spacial score (nSPS) is 21.3. The lowest BCUT2D eigenvalue weighted by Crippen LogP contribution is -2.56. The van der Waals surface area contributed by atoms with E-state index in [1.807, 2.05) is 18.7 Å². The fourth-order valence-electron chi connectivity index (χ4n) is 4.44. The molecule has 178 valence electrons. The average molecular weight is 459 g/mol. The number of carbonyl (C=O) groups excluding carboxylic acids is 2. The van der Waals surface area contributed by atoms with E-state index < -0.39 is 5.82 Å². The second-order valence-corrected chi connectivity index (χ2v) is 9.03. The van der Waals surface area contributed by atoms with Gasteiger partial charge in [0.05, 0.1) is 25.3 Å². The number of para-hydroxylation sites is 1. The molecule has 2 atom stereocenters. The molecule has 9 nitrogen and oxygen atoms in total. The van der Waals surface area contributed by atoms with Crippen LogP contribution in [0, 0.1) is 17.7 Å². The number of hydrogen-bond donors (Lipinski definition) is 1. The van der Waals surface area contributed by atoms with Crippen molar-refractivity contribution in [3.05, 3.63) is 42.0 Å². The van der Waals surface area contributed by atoms with Gasteiger partial charge in [-0.1, -0.05) is 31.2 Å². The molecular formula is C23H31FN6O3. The topological polar surface area (TPSA) is 92.6 Å². The molecule has 3 heterocycles. The first-order chi connectivity index (χ1) is 15.9. The number of hydrogen-bond acceptors (Lipinski definition) is 6. The molecule has 1 N–H and O–H groups in total. The van der Waals surface area contributed by atoms with Crippen molar-refractivity contribution in [1.29, 1.82) is 0 Å². The molecular weight excluding hydrogens is 427 g/mol. The number of halogens is 1. The summed E-state index contributed by atoms with van der Waals surface area (Å²) in [6.07, 6.45) is 2.05. The van der Waals surface area contributed by atoms with E-state index in [1.54, 1.807) is 23.1 Å². The van der Waals surface area contributed by atoms with Crippen LogP contribution in [0.15, 0.2) is 30.5 Å². The Morgan fingerprint density at radius 3 is 2.73 bits per heavy atom. The summed E-state index contributed by atoms with van der Waals surface area (Å²) in [5.74, 6) is -0.568. The zero-order valence-corrected chi connectivity index (χ0v) is 19.1. The van der Waals surface area contributed by atoms with Crippen LogP contribution in [0.2, 0.25) is 0 Å². The van der Waals surface area contributed by atoms with Crippen LogP contribution in [0.3, 0.4) is 0 Å². The molecule has 2 fully saturated rings. The van der Waals surface area contributed by atoms with Crippen LogP contribution < -0.4 is 5.32 Å². The molecule has 0 saturated carbocycles. The van der Waals surface area contributed by atoms with E-state index in [9.17, 15) is 14.0 Å². The van der Waals surface area contributed by atoms with Crippen molar-refractivity contribution in [2.45, 2.75) is 26.3 Å². The maximum atomic E-state index is 14.1. The molecule has 2 amide bonds. The van der Waals surface area contributed by atoms with Gasteiger partial charge in [0.2, 0.25) is 5.91 Å². The lowest BCUT2D eigenvalue weighted by atomic mass is 9.92. The molecule has 10 heteroatoms. The molecule has 1 aromatic heterocycles. The fourth-order valence-corrected chi connectivity index (χ4v) is 4.44. The number of nitrogens with one attached hydrogen (secondary N) is 1. The van der Waals surface area contributed by atoms with Crippen LogP contribution >= 0.6 is 0 Å². The number of morpholine rings is 1. The highest BCUT2D eigenvalue weighted by atomic mass is 19.1. The van der Waals surface area contributed by atoms with Crippen molar-refractivity contribution in [1.82, 2.24) is 30.1 Å². The summed E-state index contributed by atoms with van der Waals surface area (Å²) in [5.41, 5.74) is 0.385. The third-order valence-corrected chi connectivity index (χ3v) is 6.07. The van der Waals surface area contributed by atoms with Gasteiger partial charge in [-0.25, -0.2) is 9.07 Å². The molecule has 0 spiro atoms. The highest BCUT2D eigenvalue weighted by Gasteiger charge is 2.36. The van der Waals surface area contributed by atoms with Gasteiger partial charge in [0.1, 0.15) is 11.5 Å². The number of amides is 2. The third-order valence-electron chi connectivity index (χ3n) is 6.07. The molecule has 1 aromatic carbocycles. The van der Waals surface area contributed by atoms with Crippen molar-refractivity contribution < 1.29 is 18.7 Å². The molecule has 4 rings (SSSR count). The zero-order chi connectivity index (χ0) is 23.4. The molecule has 2 aliphatic heterocycles. The standard InChI is InChI=1S/C23H31FN6O3/c1-16(2)14-29(18-11-17(12-25-13-18)22(31)28-7-9-33-10-8-28)23(32)20-15-30(27-26-20)21-6-4-3-5-19(21)24/h3-6,15-18,25H,7-14H2,1-2H3/t17-,18+/m1/s1. The van der Waals surface area contributed by atoms with E-state index in [4.69, 9.17) is 4.74 Å². The van der Waals surface area contributed by atoms with Gasteiger partial charge in [-0.2, -0.15) is 0 Å². The van der Waals surface area contributed by atoms with E-state index in [-0.39, 0.29) is 41.1 Å². The minimum absolute atomic E-state index is 0.109. The largest absolute Gasteiger partial charge is 0.378 e. The van der Waals surface area contributed by atoms with Crippen LogP contribution in [0.5, 0.6) is 0 Å². The Morgan fingerprint density at radius 2 is 2.00 bits per heavy atom. The Morgan fingerprint density at radius 1 is 1.24 bits per heavy atom. The van der Waals surface area contributed by atoms with E-state index in [2.05, 4.69) is 15.6 Å². The summed E-state index contributed by atoms with van der Waals surface area (Å²) in [5, 5.41) is 11.3. The predicted molar refractivity (Wildman–Crippen MR) is 119 cm³/mol. The van der Waals surface area contributed by atoms with Gasteiger partial charge in [-0.15, -0.1) is 5.10 Å². The van der Waals surface area contributed by atoms with Crippen LogP contribution in [0.1, 0.15) is 30.8 Å². The second kappa shape index (κ2) is 10.4. The summed E-state index contributed by atoms with van der Waals surface area (Å²) < 4.78 is 20.8. The number of piperidine rings is 1. The van der Waals surface area contributed by atoms with Crippen LogP contribution in [-0.4, -0.2) is 88.6 Å². The van der Waals surface area contributed by atoms with Gasteiger partial charge >= 0.3 is 0 Å². The van der Waals surface area contributed by atoms with Crippen LogP contribution in [0.4, 0.5) is 4.39 Å². The first-order valence-corrected chi connectivity index (χ1v) is 11.5. The summed E-state index contributed by atoms with van der Waals surface area (Å²) >= 11 is 0. The van der Waals surface area contributed by atoms with E-state index >= 15 is 0 Å². The Balaban J connectivity index is 1.51. The van der Waals surface area contributed by atoms with E-state index in [0.717, 1.165) is 0 Å². The molecule has 2 aromatic rings. The number of carbonyl (C=O) groups is 2. The lowest BCUT2D eigenvalue weighted by Gasteiger charge is -2.39. The van der Waals surface area contributed by atoms with Crippen molar-refractivity contribution in [3.63, 3.8) is 0 Å². The van der Waals surface area contributed by atoms with Gasteiger partial charge in [0.25, 0.3) is 5.91 Å². The molecule has 0 radical (unpaired) electrons. The third kappa shape index (κ3) is 5.39. The van der Waals surface area contributed by atoms with Gasteiger partial charge in [-0.3, -0.25) is 9.59 Å². The monoisotopic (exact) mass is 458 g/mol. The number of ether oxygens (including phenoxy) is 1. The number of rotatable bonds is 6. The van der Waals surface area contributed by atoms with Crippen molar-refractivity contribution in [3.8, 4) is 5.69 Å². The van der Waals surface area contributed by atoms with Gasteiger partial charge in [0.15, 0.2) is 5.69 Å². The highest BCUT2D eigenvalue weighted by molar-refractivity contribution is 5.92. The fraction of sp³-hybridized carbons (Fsp3) is 0.565. The Bertz CT molecular complexity index is 975. The Kier molecular flexibility index (Phi) is 7.34. The smallest absolute Gasteiger partial charge is 0.276 e. The summed E-state index contributed by atoms with van der Waals surface area (Å²) in [6.45, 7) is 8.15. The maximum absolute atomic E-state index is 14.1. The molecule has 2 saturated heterocycles. The molecule has 0 unspecified atom stereocenters. The zero-order valence-electron chi connectivity index (χ0n) is 19.1. The Hall–Kier alpha value is -2.85. The maximum Gasteiger partial charge on any atom is 0.276 e. The average Bonchev–Trinajstić information content (AvgIpc) is 3.32. The summed E-state index contributed by atoms with van der Waals surface area (Å²) in [7, 11) is 0. The van der Waals surface area contributed by atoms with Crippen molar-refractivity contribution >= 4 is 11.8 Å². The molecule has 0 bridgehead atoms. The lowest BCUT2D eigenvalue weighted by molar-refractivity contribution is -0.140. The minimum atomic E-state index is -0.443. The van der Waals surface area contributed by atoms with E-state index in [0.29, 0.717) is 52.4 Å². The highest BCUT2D eigenvalue weighted by Crippen LogP contribution is 2.22. The number of aromatic nitrogens is 3. The second-order valence-electron chi connectivity index (χ2n) is 9.03. The minimum Gasteiger partial charge on any atom is -0.378 e. The predicted octanol–water partition coefficient (Wildman–Crippen LogP) is 1.34. The summed E-state index contributed by atoms with van der Waals surface area (Å²) in [6, 6.07) is 6.06.